The van der Waals surface area contributed by atoms with Gasteiger partial charge in [0, 0.05) is 58.2 Å². The van der Waals surface area contributed by atoms with Crippen LogP contribution in [0.1, 0.15) is 37.8 Å². The van der Waals surface area contributed by atoms with Crippen LogP contribution in [-0.4, -0.2) is 84.6 Å². The molecule has 1 aromatic heterocycles. The highest BCUT2D eigenvalue weighted by atomic mass is 16.5. The average molecular weight is 393 g/mol. The number of aryl methyl sites for hydroxylation is 2. The zero-order chi connectivity index (χ0) is 19.8. The molecule has 0 radical (unpaired) electrons. The smallest absolute Gasteiger partial charge is 0.224 e. The van der Waals surface area contributed by atoms with Gasteiger partial charge in [0.15, 0.2) is 0 Å². The summed E-state index contributed by atoms with van der Waals surface area (Å²) < 4.78 is 12.9. The number of rotatable bonds is 10. The van der Waals surface area contributed by atoms with Gasteiger partial charge in [-0.05, 0) is 57.7 Å². The zero-order valence-corrected chi connectivity index (χ0v) is 17.5. The Labute approximate surface area is 169 Å². The first-order valence-corrected chi connectivity index (χ1v) is 10.7. The van der Waals surface area contributed by atoms with Gasteiger partial charge in [0.05, 0.1) is 12.7 Å². The highest BCUT2D eigenvalue weighted by Gasteiger charge is 2.27. The van der Waals surface area contributed by atoms with Gasteiger partial charge in [0.25, 0.3) is 0 Å². The number of aromatic nitrogens is 2. The van der Waals surface area contributed by atoms with Crippen LogP contribution in [0.3, 0.4) is 0 Å². The van der Waals surface area contributed by atoms with E-state index in [1.165, 1.54) is 0 Å². The van der Waals surface area contributed by atoms with Crippen LogP contribution >= 0.6 is 0 Å². The predicted octanol–water partition coefficient (Wildman–Crippen LogP) is 1.95. The first-order chi connectivity index (χ1) is 13.7. The number of likely N-dealkylation sites (tertiary alicyclic amines) is 1. The van der Waals surface area contributed by atoms with Crippen molar-refractivity contribution in [1.82, 2.24) is 19.6 Å². The Hall–Kier alpha value is -1.44. The molecule has 2 fully saturated rings. The van der Waals surface area contributed by atoms with E-state index in [0.29, 0.717) is 18.9 Å². The third-order valence-corrected chi connectivity index (χ3v) is 6.06. The SMILES string of the molecule is COCCN1CCC(CN(C[C@@H]2CCCO2)C(=O)CCn2nccc2C)CC1. The first-order valence-electron chi connectivity index (χ1n) is 10.7. The third-order valence-electron chi connectivity index (χ3n) is 6.06. The van der Waals surface area contributed by atoms with Crippen LogP contribution in [-0.2, 0) is 20.8 Å². The van der Waals surface area contributed by atoms with Crippen molar-refractivity contribution in [1.29, 1.82) is 0 Å². The Kier molecular flexibility index (Phi) is 8.30. The van der Waals surface area contributed by atoms with Crippen molar-refractivity contribution in [2.45, 2.75) is 51.7 Å². The standard InChI is InChI=1S/C21H36N4O3/c1-18-5-9-22-25(18)12-8-21(26)24(17-20-4-3-14-28-20)16-19-6-10-23(11-7-19)13-15-27-2/h5,9,19-20H,3-4,6-8,10-17H2,1-2H3/t20-/m0/s1. The molecular formula is C21H36N4O3. The Morgan fingerprint density at radius 2 is 2.11 bits per heavy atom. The summed E-state index contributed by atoms with van der Waals surface area (Å²) in [6.45, 7) is 9.10. The highest BCUT2D eigenvalue weighted by Crippen LogP contribution is 2.21. The maximum atomic E-state index is 13.0. The molecule has 7 heteroatoms. The van der Waals surface area contributed by atoms with Crippen molar-refractivity contribution in [2.24, 2.45) is 5.92 Å². The number of amides is 1. The Morgan fingerprint density at radius 1 is 1.29 bits per heavy atom. The van der Waals surface area contributed by atoms with Crippen molar-refractivity contribution in [3.05, 3.63) is 18.0 Å². The zero-order valence-electron chi connectivity index (χ0n) is 17.5. The minimum atomic E-state index is 0.206. The van der Waals surface area contributed by atoms with Crippen molar-refractivity contribution < 1.29 is 14.3 Å². The van der Waals surface area contributed by atoms with Crippen LogP contribution in [0.2, 0.25) is 0 Å². The van der Waals surface area contributed by atoms with Gasteiger partial charge in [-0.25, -0.2) is 0 Å². The molecule has 2 aliphatic rings. The number of carbonyl (C=O) groups is 1. The number of carbonyl (C=O) groups excluding carboxylic acids is 1. The summed E-state index contributed by atoms with van der Waals surface area (Å²) in [6, 6.07) is 1.98. The molecule has 158 valence electrons. The van der Waals surface area contributed by atoms with Gasteiger partial charge in [-0.3, -0.25) is 9.48 Å². The van der Waals surface area contributed by atoms with Crippen molar-refractivity contribution in [2.75, 3.05) is 53.0 Å². The summed E-state index contributed by atoms with van der Waals surface area (Å²) in [5, 5.41) is 4.30. The van der Waals surface area contributed by atoms with Gasteiger partial charge in [-0.1, -0.05) is 0 Å². The molecule has 2 saturated heterocycles. The maximum absolute atomic E-state index is 13.0. The lowest BCUT2D eigenvalue weighted by molar-refractivity contribution is -0.134. The van der Waals surface area contributed by atoms with Crippen molar-refractivity contribution in [3.8, 4) is 0 Å². The molecular weight excluding hydrogens is 356 g/mol. The minimum Gasteiger partial charge on any atom is -0.383 e. The number of hydrogen-bond donors (Lipinski definition) is 0. The lowest BCUT2D eigenvalue weighted by Crippen LogP contribution is -2.44. The molecule has 0 bridgehead atoms. The molecule has 0 saturated carbocycles. The molecule has 0 aliphatic carbocycles. The Balaban J connectivity index is 1.51. The topological polar surface area (TPSA) is 59.8 Å². The lowest BCUT2D eigenvalue weighted by Gasteiger charge is -2.35. The number of hydrogen-bond acceptors (Lipinski definition) is 5. The first kappa shape index (κ1) is 21.3. The fourth-order valence-electron chi connectivity index (χ4n) is 4.23. The van der Waals surface area contributed by atoms with E-state index in [0.717, 1.165) is 77.3 Å². The Morgan fingerprint density at radius 3 is 2.75 bits per heavy atom. The molecule has 1 amide bonds. The third kappa shape index (κ3) is 6.29. The van der Waals surface area contributed by atoms with Gasteiger partial charge in [-0.2, -0.15) is 5.10 Å². The van der Waals surface area contributed by atoms with E-state index < -0.39 is 0 Å². The normalized spacial score (nSPS) is 21.3. The van der Waals surface area contributed by atoms with Gasteiger partial charge < -0.3 is 19.3 Å². The van der Waals surface area contributed by atoms with Crippen LogP contribution in [0.4, 0.5) is 0 Å². The average Bonchev–Trinajstić information content (AvgIpc) is 3.36. The molecule has 28 heavy (non-hydrogen) atoms. The van der Waals surface area contributed by atoms with Gasteiger partial charge in [0.2, 0.25) is 5.91 Å². The number of methoxy groups -OCH3 is 1. The fraction of sp³-hybridized carbons (Fsp3) is 0.810. The van der Waals surface area contributed by atoms with Crippen LogP contribution in [0, 0.1) is 12.8 Å². The molecule has 1 atom stereocenters. The minimum absolute atomic E-state index is 0.206. The number of nitrogens with zero attached hydrogens (tertiary/aromatic N) is 4. The number of ether oxygens (including phenoxy) is 2. The van der Waals surface area contributed by atoms with Gasteiger partial charge in [-0.15, -0.1) is 0 Å². The van der Waals surface area contributed by atoms with Crippen molar-refractivity contribution in [3.63, 3.8) is 0 Å². The maximum Gasteiger partial charge on any atom is 0.224 e. The Bertz CT molecular complexity index is 592. The lowest BCUT2D eigenvalue weighted by atomic mass is 9.95. The second-order valence-electron chi connectivity index (χ2n) is 8.16. The van der Waals surface area contributed by atoms with E-state index in [-0.39, 0.29) is 12.0 Å². The van der Waals surface area contributed by atoms with Crippen LogP contribution < -0.4 is 0 Å². The summed E-state index contributed by atoms with van der Waals surface area (Å²) in [7, 11) is 1.76. The quantitative estimate of drug-likeness (QED) is 0.609. The van der Waals surface area contributed by atoms with E-state index in [4.69, 9.17) is 9.47 Å². The molecule has 0 spiro atoms. The second kappa shape index (κ2) is 10.9. The molecule has 0 N–H and O–H groups in total. The molecule has 3 heterocycles. The van der Waals surface area contributed by atoms with Crippen molar-refractivity contribution >= 4 is 5.91 Å². The van der Waals surface area contributed by atoms with Crippen LogP contribution in [0.25, 0.3) is 0 Å². The fourth-order valence-corrected chi connectivity index (χ4v) is 4.23. The summed E-state index contributed by atoms with van der Waals surface area (Å²) in [4.78, 5) is 17.6. The molecule has 0 unspecified atom stereocenters. The van der Waals surface area contributed by atoms with Crippen LogP contribution in [0.5, 0.6) is 0 Å². The van der Waals surface area contributed by atoms with Gasteiger partial charge >= 0.3 is 0 Å². The summed E-state index contributed by atoms with van der Waals surface area (Å²) in [6.07, 6.45) is 6.98. The van der Waals surface area contributed by atoms with E-state index >= 15 is 0 Å². The van der Waals surface area contributed by atoms with E-state index in [1.54, 1.807) is 13.3 Å². The predicted molar refractivity (Wildman–Crippen MR) is 108 cm³/mol. The molecule has 0 aromatic carbocycles. The molecule has 3 rings (SSSR count). The second-order valence-corrected chi connectivity index (χ2v) is 8.16. The molecule has 7 nitrogen and oxygen atoms in total. The van der Waals surface area contributed by atoms with E-state index in [1.807, 2.05) is 17.7 Å². The molecule has 2 aliphatic heterocycles. The van der Waals surface area contributed by atoms with E-state index in [9.17, 15) is 4.79 Å². The molecule has 1 aromatic rings. The van der Waals surface area contributed by atoms with E-state index in [2.05, 4.69) is 14.9 Å². The van der Waals surface area contributed by atoms with Crippen LogP contribution in [0.15, 0.2) is 12.3 Å². The highest BCUT2D eigenvalue weighted by molar-refractivity contribution is 5.76. The largest absolute Gasteiger partial charge is 0.383 e. The van der Waals surface area contributed by atoms with Gasteiger partial charge in [0.1, 0.15) is 0 Å². The summed E-state index contributed by atoms with van der Waals surface area (Å²) in [5.74, 6) is 0.808. The summed E-state index contributed by atoms with van der Waals surface area (Å²) >= 11 is 0. The monoisotopic (exact) mass is 392 g/mol. The number of piperidine rings is 1. The summed E-state index contributed by atoms with van der Waals surface area (Å²) in [5.41, 5.74) is 1.10.